The molecular formula is C14H19ClN4O2. The molecule has 0 spiro atoms. The van der Waals surface area contributed by atoms with Gasteiger partial charge in [-0.05, 0) is 18.2 Å². The summed E-state index contributed by atoms with van der Waals surface area (Å²) in [5.74, 6) is -0.0638. The van der Waals surface area contributed by atoms with Crippen LogP contribution in [0.1, 0.15) is 6.92 Å². The lowest BCUT2D eigenvalue weighted by Crippen LogP contribution is -2.49. The summed E-state index contributed by atoms with van der Waals surface area (Å²) in [6.07, 6.45) is 0. The average Bonchev–Trinajstić information content (AvgIpc) is 2.43. The number of hydrogen-bond donors (Lipinski definition) is 2. The Morgan fingerprint density at radius 1 is 1.29 bits per heavy atom. The number of halogens is 1. The molecule has 1 fully saturated rings. The molecule has 7 heteroatoms. The van der Waals surface area contributed by atoms with Crippen molar-refractivity contribution >= 4 is 34.8 Å². The first-order chi connectivity index (χ1) is 9.95. The SMILES string of the molecule is CC(=O)N1CCN(CC(=O)Nc2cc(Cl)ccc2N)CC1. The molecule has 2 amide bonds. The Balaban J connectivity index is 1.85. The number of amides is 2. The molecule has 2 rings (SSSR count). The van der Waals surface area contributed by atoms with Gasteiger partial charge in [0, 0.05) is 38.1 Å². The number of carbonyl (C=O) groups excluding carboxylic acids is 2. The average molecular weight is 311 g/mol. The van der Waals surface area contributed by atoms with Gasteiger partial charge in [-0.15, -0.1) is 0 Å². The molecule has 0 aromatic heterocycles. The maximum atomic E-state index is 12.0. The fourth-order valence-electron chi connectivity index (χ4n) is 2.25. The van der Waals surface area contributed by atoms with Gasteiger partial charge in [-0.25, -0.2) is 0 Å². The largest absolute Gasteiger partial charge is 0.397 e. The topological polar surface area (TPSA) is 78.7 Å². The summed E-state index contributed by atoms with van der Waals surface area (Å²) in [7, 11) is 0. The molecule has 1 aliphatic heterocycles. The first-order valence-corrected chi connectivity index (χ1v) is 7.16. The number of hydrogen-bond acceptors (Lipinski definition) is 4. The Labute approximate surface area is 128 Å². The van der Waals surface area contributed by atoms with E-state index in [0.29, 0.717) is 42.6 Å². The Morgan fingerprint density at radius 2 is 1.95 bits per heavy atom. The second-order valence-corrected chi connectivity index (χ2v) is 5.50. The van der Waals surface area contributed by atoms with Crippen LogP contribution in [0.3, 0.4) is 0 Å². The fraction of sp³-hybridized carbons (Fsp3) is 0.429. The highest BCUT2D eigenvalue weighted by atomic mass is 35.5. The van der Waals surface area contributed by atoms with E-state index in [1.807, 2.05) is 4.90 Å². The zero-order valence-corrected chi connectivity index (χ0v) is 12.7. The molecule has 6 nitrogen and oxygen atoms in total. The molecule has 1 heterocycles. The summed E-state index contributed by atoms with van der Waals surface area (Å²) in [6.45, 7) is 4.53. The maximum absolute atomic E-state index is 12.0. The molecule has 0 radical (unpaired) electrons. The van der Waals surface area contributed by atoms with Crippen LogP contribution in [0.2, 0.25) is 5.02 Å². The van der Waals surface area contributed by atoms with E-state index >= 15 is 0 Å². The number of nitrogen functional groups attached to an aromatic ring is 1. The highest BCUT2D eigenvalue weighted by Gasteiger charge is 2.20. The number of benzene rings is 1. The Morgan fingerprint density at radius 3 is 2.57 bits per heavy atom. The molecule has 3 N–H and O–H groups in total. The number of piperazine rings is 1. The van der Waals surface area contributed by atoms with Crippen LogP contribution in [-0.2, 0) is 9.59 Å². The molecule has 21 heavy (non-hydrogen) atoms. The Kier molecular flexibility index (Phi) is 5.03. The molecule has 1 aromatic carbocycles. The molecule has 1 aliphatic rings. The van der Waals surface area contributed by atoms with Gasteiger partial charge in [0.15, 0.2) is 0 Å². The van der Waals surface area contributed by atoms with E-state index in [9.17, 15) is 9.59 Å². The van der Waals surface area contributed by atoms with E-state index < -0.39 is 0 Å². The fourth-order valence-corrected chi connectivity index (χ4v) is 2.42. The van der Waals surface area contributed by atoms with Crippen molar-refractivity contribution in [1.82, 2.24) is 9.80 Å². The zero-order chi connectivity index (χ0) is 15.4. The first-order valence-electron chi connectivity index (χ1n) is 6.78. The number of carbonyl (C=O) groups is 2. The molecule has 0 atom stereocenters. The van der Waals surface area contributed by atoms with Crippen LogP contribution < -0.4 is 11.1 Å². The van der Waals surface area contributed by atoms with Crippen molar-refractivity contribution in [3.8, 4) is 0 Å². The molecule has 114 valence electrons. The molecule has 0 aliphatic carbocycles. The molecule has 0 unspecified atom stereocenters. The molecule has 1 aromatic rings. The third-order valence-corrected chi connectivity index (χ3v) is 3.71. The van der Waals surface area contributed by atoms with Gasteiger partial charge in [0.25, 0.3) is 0 Å². The van der Waals surface area contributed by atoms with Crippen molar-refractivity contribution in [2.24, 2.45) is 0 Å². The van der Waals surface area contributed by atoms with Crippen LogP contribution >= 0.6 is 11.6 Å². The van der Waals surface area contributed by atoms with Gasteiger partial charge < -0.3 is 16.0 Å². The number of nitrogens with zero attached hydrogens (tertiary/aromatic N) is 2. The van der Waals surface area contributed by atoms with E-state index in [1.54, 1.807) is 30.0 Å². The summed E-state index contributed by atoms with van der Waals surface area (Å²) in [4.78, 5) is 27.1. The highest BCUT2D eigenvalue weighted by Crippen LogP contribution is 2.22. The number of nitrogens with two attached hydrogens (primary N) is 1. The summed E-state index contributed by atoms with van der Waals surface area (Å²) >= 11 is 5.88. The van der Waals surface area contributed by atoms with Gasteiger partial charge in [0.2, 0.25) is 11.8 Å². The van der Waals surface area contributed by atoms with Gasteiger partial charge in [-0.3, -0.25) is 14.5 Å². The van der Waals surface area contributed by atoms with E-state index in [-0.39, 0.29) is 18.4 Å². The van der Waals surface area contributed by atoms with E-state index in [4.69, 9.17) is 17.3 Å². The van der Waals surface area contributed by atoms with Crippen molar-refractivity contribution in [3.63, 3.8) is 0 Å². The second-order valence-electron chi connectivity index (χ2n) is 5.06. The van der Waals surface area contributed by atoms with Crippen LogP contribution in [0.5, 0.6) is 0 Å². The second kappa shape index (κ2) is 6.78. The van der Waals surface area contributed by atoms with E-state index in [2.05, 4.69) is 5.32 Å². The van der Waals surface area contributed by atoms with E-state index in [1.165, 1.54) is 0 Å². The van der Waals surface area contributed by atoms with Crippen LogP contribution in [0, 0.1) is 0 Å². The lowest BCUT2D eigenvalue weighted by atomic mass is 10.2. The van der Waals surface area contributed by atoms with Gasteiger partial charge >= 0.3 is 0 Å². The molecule has 0 saturated carbocycles. The minimum Gasteiger partial charge on any atom is -0.397 e. The predicted octanol–water partition coefficient (Wildman–Crippen LogP) is 1.02. The smallest absolute Gasteiger partial charge is 0.238 e. The minimum absolute atomic E-state index is 0.0748. The minimum atomic E-state index is -0.139. The monoisotopic (exact) mass is 310 g/mol. The summed E-state index contributed by atoms with van der Waals surface area (Å²) in [6, 6.07) is 4.96. The van der Waals surface area contributed by atoms with Gasteiger partial charge in [-0.1, -0.05) is 11.6 Å². The van der Waals surface area contributed by atoms with Crippen molar-refractivity contribution < 1.29 is 9.59 Å². The summed E-state index contributed by atoms with van der Waals surface area (Å²) in [5.41, 5.74) is 6.79. The van der Waals surface area contributed by atoms with Crippen LogP contribution in [0.15, 0.2) is 18.2 Å². The maximum Gasteiger partial charge on any atom is 0.238 e. The molecular weight excluding hydrogens is 292 g/mol. The van der Waals surface area contributed by atoms with Gasteiger partial charge in [-0.2, -0.15) is 0 Å². The lowest BCUT2D eigenvalue weighted by Gasteiger charge is -2.33. The van der Waals surface area contributed by atoms with Crippen molar-refractivity contribution in [3.05, 3.63) is 23.2 Å². The van der Waals surface area contributed by atoms with Crippen LogP contribution in [-0.4, -0.2) is 54.3 Å². The van der Waals surface area contributed by atoms with Crippen molar-refractivity contribution in [2.45, 2.75) is 6.92 Å². The standard InChI is InChI=1S/C14H19ClN4O2/c1-10(20)19-6-4-18(5-7-19)9-14(21)17-13-8-11(15)2-3-12(13)16/h2-3,8H,4-7,9,16H2,1H3,(H,17,21). The number of anilines is 2. The number of nitrogens with one attached hydrogen (secondary N) is 1. The quantitative estimate of drug-likeness (QED) is 0.817. The first kappa shape index (κ1) is 15.6. The molecule has 0 bridgehead atoms. The summed E-state index contributed by atoms with van der Waals surface area (Å²) < 4.78 is 0. The zero-order valence-electron chi connectivity index (χ0n) is 11.9. The third-order valence-electron chi connectivity index (χ3n) is 3.47. The van der Waals surface area contributed by atoms with Crippen molar-refractivity contribution in [1.29, 1.82) is 0 Å². The summed E-state index contributed by atoms with van der Waals surface area (Å²) in [5, 5.41) is 3.28. The van der Waals surface area contributed by atoms with Crippen molar-refractivity contribution in [2.75, 3.05) is 43.8 Å². The van der Waals surface area contributed by atoms with Gasteiger partial charge in [0.1, 0.15) is 0 Å². The van der Waals surface area contributed by atoms with Crippen LogP contribution in [0.25, 0.3) is 0 Å². The number of rotatable bonds is 3. The highest BCUT2D eigenvalue weighted by molar-refractivity contribution is 6.31. The predicted molar refractivity (Wildman–Crippen MR) is 83.2 cm³/mol. The third kappa shape index (κ3) is 4.34. The normalized spacial score (nSPS) is 15.8. The van der Waals surface area contributed by atoms with E-state index in [0.717, 1.165) is 0 Å². The molecule has 1 saturated heterocycles. The van der Waals surface area contributed by atoms with Gasteiger partial charge in [0.05, 0.1) is 17.9 Å². The Hall–Kier alpha value is -1.79. The lowest BCUT2D eigenvalue weighted by molar-refractivity contribution is -0.130. The Bertz CT molecular complexity index is 542. The van der Waals surface area contributed by atoms with Crippen LogP contribution in [0.4, 0.5) is 11.4 Å².